The summed E-state index contributed by atoms with van der Waals surface area (Å²) in [7, 11) is 0. The number of nitrogens with zero attached hydrogens (tertiary/aromatic N) is 4. The Labute approximate surface area is 229 Å². The Balaban J connectivity index is 1.29. The summed E-state index contributed by atoms with van der Waals surface area (Å²) in [6.45, 7) is 7.10. The van der Waals surface area contributed by atoms with Crippen molar-refractivity contribution in [1.29, 1.82) is 0 Å². The number of urea groups is 1. The van der Waals surface area contributed by atoms with E-state index in [0.717, 1.165) is 32.1 Å². The zero-order valence-electron chi connectivity index (χ0n) is 23.2. The number of benzene rings is 1. The summed E-state index contributed by atoms with van der Waals surface area (Å²) in [5.74, 6) is 0.0418. The molecule has 11 heteroatoms. The number of carbonyl (C=O) groups excluding carboxylic acids is 2. The van der Waals surface area contributed by atoms with E-state index in [2.05, 4.69) is 22.5 Å². The van der Waals surface area contributed by atoms with E-state index in [9.17, 15) is 14.4 Å². The number of nitrogens with one attached hydrogen (secondary N) is 2. The first kappa shape index (κ1) is 28.7. The van der Waals surface area contributed by atoms with E-state index in [1.165, 1.54) is 10.1 Å². The molecule has 1 unspecified atom stereocenters. The highest BCUT2D eigenvalue weighted by molar-refractivity contribution is 5.89. The molecule has 1 aromatic carbocycles. The highest BCUT2D eigenvalue weighted by Crippen LogP contribution is 2.18. The first-order valence-electron chi connectivity index (χ1n) is 13.8. The summed E-state index contributed by atoms with van der Waals surface area (Å²) in [6, 6.07) is 10.3. The predicted octanol–water partition coefficient (Wildman–Crippen LogP) is 1.44. The van der Waals surface area contributed by atoms with E-state index in [-0.39, 0.29) is 17.8 Å². The fraction of sp³-hybridized carbons (Fsp3) is 0.571. The third kappa shape index (κ3) is 7.65. The Morgan fingerprint density at radius 3 is 2.23 bits per heavy atom. The van der Waals surface area contributed by atoms with Crippen LogP contribution in [0, 0.1) is 0 Å². The van der Waals surface area contributed by atoms with Crippen LogP contribution in [0.1, 0.15) is 52.0 Å². The van der Waals surface area contributed by atoms with Crippen molar-refractivity contribution in [1.82, 2.24) is 24.7 Å². The number of hydrogen-bond donors (Lipinski definition) is 4. The van der Waals surface area contributed by atoms with Crippen molar-refractivity contribution < 1.29 is 9.59 Å². The van der Waals surface area contributed by atoms with Crippen LogP contribution in [-0.2, 0) is 11.2 Å². The number of piperazine rings is 1. The van der Waals surface area contributed by atoms with Gasteiger partial charge in [0.25, 0.3) is 0 Å². The van der Waals surface area contributed by atoms with E-state index >= 15 is 0 Å². The number of aromatic nitrogens is 2. The topological polar surface area (TPSA) is 152 Å². The van der Waals surface area contributed by atoms with Crippen LogP contribution in [0.5, 0.6) is 0 Å². The van der Waals surface area contributed by atoms with Crippen molar-refractivity contribution in [2.45, 2.75) is 76.5 Å². The van der Waals surface area contributed by atoms with Crippen LogP contribution < -0.4 is 27.8 Å². The van der Waals surface area contributed by atoms with Gasteiger partial charge in [0.2, 0.25) is 5.91 Å². The summed E-state index contributed by atoms with van der Waals surface area (Å²) in [4.78, 5) is 45.1. The average Bonchev–Trinajstić information content (AvgIpc) is 2.90. The molecule has 0 radical (unpaired) electrons. The summed E-state index contributed by atoms with van der Waals surface area (Å²) in [5.41, 5.74) is 12.4. The Bertz CT molecular complexity index is 1190. The molecule has 1 saturated heterocycles. The fourth-order valence-corrected chi connectivity index (χ4v) is 5.27. The Morgan fingerprint density at radius 2 is 1.64 bits per heavy atom. The molecule has 1 atom stereocenters. The van der Waals surface area contributed by atoms with Gasteiger partial charge in [-0.3, -0.25) is 14.7 Å². The Kier molecular flexibility index (Phi) is 9.04. The second-order valence-electron chi connectivity index (χ2n) is 11.4. The number of rotatable bonds is 7. The Morgan fingerprint density at radius 1 is 1.03 bits per heavy atom. The van der Waals surface area contributed by atoms with Gasteiger partial charge in [-0.05, 0) is 76.6 Å². The zero-order chi connectivity index (χ0) is 28.2. The van der Waals surface area contributed by atoms with Crippen LogP contribution in [0.2, 0.25) is 0 Å². The molecule has 3 amide bonds. The van der Waals surface area contributed by atoms with Gasteiger partial charge >= 0.3 is 11.7 Å². The minimum Gasteiger partial charge on any atom is -0.338 e. The zero-order valence-corrected chi connectivity index (χ0v) is 23.2. The lowest BCUT2D eigenvalue weighted by Crippen LogP contribution is -2.58. The number of nitrogens with two attached hydrogens (primary N) is 2. The maximum atomic E-state index is 12.7. The third-order valence-electron chi connectivity index (χ3n) is 7.49. The van der Waals surface area contributed by atoms with Gasteiger partial charge < -0.3 is 26.6 Å². The van der Waals surface area contributed by atoms with Crippen molar-refractivity contribution in [3.8, 4) is 5.69 Å². The average molecular weight is 539 g/mol. The summed E-state index contributed by atoms with van der Waals surface area (Å²) in [5, 5.41) is 6.41. The fourth-order valence-electron chi connectivity index (χ4n) is 5.27. The molecule has 0 bridgehead atoms. The van der Waals surface area contributed by atoms with E-state index in [1.807, 2.05) is 24.3 Å². The smallest absolute Gasteiger partial charge is 0.338 e. The molecule has 6 N–H and O–H groups in total. The number of anilines is 1. The lowest BCUT2D eigenvalue weighted by Gasteiger charge is -2.37. The molecule has 1 aliphatic carbocycles. The quantitative estimate of drug-likeness (QED) is 0.416. The lowest BCUT2D eigenvalue weighted by molar-refractivity contribution is -0.137. The SMILES string of the molecule is CC(Cc1ccc(-n2ccc(NC(=O)N3CCN(C(=O)C(C)(C)N)CC3)nc2=O)cc1)NC1CCC(N)CC1. The van der Waals surface area contributed by atoms with Crippen molar-refractivity contribution in [2.24, 2.45) is 11.5 Å². The molecule has 2 fully saturated rings. The number of amides is 3. The van der Waals surface area contributed by atoms with Crippen molar-refractivity contribution in [3.05, 3.63) is 52.6 Å². The number of carbonyl (C=O) groups is 2. The van der Waals surface area contributed by atoms with Crippen molar-refractivity contribution >= 4 is 17.8 Å². The van der Waals surface area contributed by atoms with Crippen LogP contribution in [0.15, 0.2) is 41.3 Å². The maximum Gasteiger partial charge on any atom is 0.354 e. The molecule has 4 rings (SSSR count). The van der Waals surface area contributed by atoms with Crippen LogP contribution in [0.25, 0.3) is 5.69 Å². The molecule has 2 heterocycles. The van der Waals surface area contributed by atoms with E-state index in [4.69, 9.17) is 11.5 Å². The van der Waals surface area contributed by atoms with Gasteiger partial charge in [0, 0.05) is 50.5 Å². The summed E-state index contributed by atoms with van der Waals surface area (Å²) >= 11 is 0. The first-order chi connectivity index (χ1) is 18.5. The number of hydrogen-bond acceptors (Lipinski definition) is 7. The third-order valence-corrected chi connectivity index (χ3v) is 7.49. The highest BCUT2D eigenvalue weighted by Gasteiger charge is 2.31. The van der Waals surface area contributed by atoms with Crippen molar-refractivity contribution in [2.75, 3.05) is 31.5 Å². The molecule has 39 heavy (non-hydrogen) atoms. The van der Waals surface area contributed by atoms with Gasteiger partial charge in [0.05, 0.1) is 11.2 Å². The minimum absolute atomic E-state index is 0.142. The van der Waals surface area contributed by atoms with Crippen LogP contribution in [0.3, 0.4) is 0 Å². The normalized spacial score (nSPS) is 20.9. The predicted molar refractivity (Wildman–Crippen MR) is 152 cm³/mol. The highest BCUT2D eigenvalue weighted by atomic mass is 16.2. The van der Waals surface area contributed by atoms with Crippen LogP contribution in [-0.4, -0.2) is 81.1 Å². The molecule has 0 spiro atoms. The second-order valence-corrected chi connectivity index (χ2v) is 11.4. The molecular formula is C28H42N8O3. The van der Waals surface area contributed by atoms with E-state index in [0.29, 0.717) is 50.0 Å². The summed E-state index contributed by atoms with van der Waals surface area (Å²) < 4.78 is 1.45. The van der Waals surface area contributed by atoms with Gasteiger partial charge in [-0.2, -0.15) is 4.98 Å². The largest absolute Gasteiger partial charge is 0.354 e. The van der Waals surface area contributed by atoms with Gasteiger partial charge in [0.1, 0.15) is 5.82 Å². The monoisotopic (exact) mass is 538 g/mol. The minimum atomic E-state index is -0.946. The second kappa shape index (κ2) is 12.3. The van der Waals surface area contributed by atoms with Gasteiger partial charge in [-0.1, -0.05) is 12.1 Å². The molecule has 2 aliphatic rings. The first-order valence-corrected chi connectivity index (χ1v) is 13.8. The molecule has 1 saturated carbocycles. The lowest BCUT2D eigenvalue weighted by atomic mass is 9.91. The van der Waals surface area contributed by atoms with Gasteiger partial charge in [0.15, 0.2) is 0 Å². The molecule has 1 aliphatic heterocycles. The van der Waals surface area contributed by atoms with Crippen LogP contribution >= 0.6 is 0 Å². The van der Waals surface area contributed by atoms with E-state index < -0.39 is 11.2 Å². The molecule has 1 aromatic heterocycles. The molecule has 2 aromatic rings. The molecule has 212 valence electrons. The standard InChI is InChI=1S/C28H42N8O3/c1-19(31-22-8-6-21(29)7-9-22)18-20-4-10-23(11-5-20)36-13-12-24(33-27(36)39)32-26(38)35-16-14-34(15-17-35)25(37)28(2,3)30/h4-5,10-13,19,21-22,31H,6-9,14-18,29-30H2,1-3H3,(H,32,33,38,39). The van der Waals surface area contributed by atoms with E-state index in [1.54, 1.807) is 35.9 Å². The molecule has 11 nitrogen and oxygen atoms in total. The van der Waals surface area contributed by atoms with Crippen LogP contribution in [0.4, 0.5) is 10.6 Å². The van der Waals surface area contributed by atoms with Gasteiger partial charge in [-0.25, -0.2) is 9.59 Å². The van der Waals surface area contributed by atoms with Crippen molar-refractivity contribution in [3.63, 3.8) is 0 Å². The molecular weight excluding hydrogens is 496 g/mol. The Hall–Kier alpha value is -3.28. The summed E-state index contributed by atoms with van der Waals surface area (Å²) in [6.07, 6.45) is 6.92. The maximum absolute atomic E-state index is 12.7. The van der Waals surface area contributed by atoms with Gasteiger partial charge in [-0.15, -0.1) is 0 Å².